The van der Waals surface area contributed by atoms with Gasteiger partial charge in [-0.2, -0.15) is 0 Å². The van der Waals surface area contributed by atoms with Gasteiger partial charge in [-0.1, -0.05) is 43.5 Å². The van der Waals surface area contributed by atoms with Gasteiger partial charge < -0.3 is 11.1 Å². The second-order valence-corrected chi connectivity index (χ2v) is 7.44. The maximum absolute atomic E-state index is 5.62. The van der Waals surface area contributed by atoms with Gasteiger partial charge in [0, 0.05) is 18.6 Å². The maximum atomic E-state index is 5.62. The molecule has 3 nitrogen and oxygen atoms in total. The molecule has 25 heavy (non-hydrogen) atoms. The van der Waals surface area contributed by atoms with Gasteiger partial charge in [0.05, 0.1) is 0 Å². The average Bonchev–Trinajstić information content (AvgIpc) is 3.08. The molecule has 5 heteroatoms. The zero-order chi connectivity index (χ0) is 16.0. The van der Waals surface area contributed by atoms with Crippen molar-refractivity contribution in [1.29, 1.82) is 0 Å². The quantitative estimate of drug-likeness (QED) is 0.744. The van der Waals surface area contributed by atoms with Crippen LogP contribution < -0.4 is 11.1 Å². The molecule has 1 aliphatic heterocycles. The van der Waals surface area contributed by atoms with Crippen LogP contribution >= 0.6 is 24.8 Å². The summed E-state index contributed by atoms with van der Waals surface area (Å²) in [6.07, 6.45) is 10.8. The minimum absolute atomic E-state index is 0. The molecule has 1 aliphatic carbocycles. The predicted molar refractivity (Wildman–Crippen MR) is 112 cm³/mol. The Kier molecular flexibility index (Phi) is 10.4. The van der Waals surface area contributed by atoms with Crippen LogP contribution in [0.15, 0.2) is 24.3 Å². The van der Waals surface area contributed by atoms with Crippen LogP contribution in [-0.2, 0) is 13.0 Å². The summed E-state index contributed by atoms with van der Waals surface area (Å²) in [6.45, 7) is 5.50. The Bertz CT molecular complexity index is 466. The van der Waals surface area contributed by atoms with Gasteiger partial charge in [0.15, 0.2) is 0 Å². The number of likely N-dealkylation sites (tertiary alicyclic amines) is 1. The van der Waals surface area contributed by atoms with Crippen molar-refractivity contribution < 1.29 is 0 Å². The smallest absolute Gasteiger partial charge is 0.0334 e. The number of rotatable bonds is 7. The molecule has 2 fully saturated rings. The fourth-order valence-electron chi connectivity index (χ4n) is 4.44. The first-order valence-electron chi connectivity index (χ1n) is 9.56. The van der Waals surface area contributed by atoms with Gasteiger partial charge >= 0.3 is 0 Å². The number of hydrogen-bond acceptors (Lipinski definition) is 3. The number of halogens is 2. The monoisotopic (exact) mass is 387 g/mol. The first-order valence-corrected chi connectivity index (χ1v) is 9.56. The zero-order valence-electron chi connectivity index (χ0n) is 15.3. The summed E-state index contributed by atoms with van der Waals surface area (Å²) in [5, 5.41) is 3.77. The van der Waals surface area contributed by atoms with Crippen molar-refractivity contribution in [3.05, 3.63) is 35.4 Å². The van der Waals surface area contributed by atoms with Crippen molar-refractivity contribution in [3.8, 4) is 0 Å². The van der Waals surface area contributed by atoms with Crippen LogP contribution in [0.5, 0.6) is 0 Å². The van der Waals surface area contributed by atoms with Crippen molar-refractivity contribution in [2.75, 3.05) is 26.2 Å². The van der Waals surface area contributed by atoms with Crippen molar-refractivity contribution in [2.45, 2.75) is 63.5 Å². The first-order chi connectivity index (χ1) is 11.3. The number of benzene rings is 1. The highest BCUT2D eigenvalue weighted by molar-refractivity contribution is 5.85. The summed E-state index contributed by atoms with van der Waals surface area (Å²) in [5.41, 5.74) is 8.79. The van der Waals surface area contributed by atoms with Gasteiger partial charge in [0.1, 0.15) is 0 Å². The van der Waals surface area contributed by atoms with Gasteiger partial charge in [-0.3, -0.25) is 4.90 Å². The summed E-state index contributed by atoms with van der Waals surface area (Å²) < 4.78 is 0. The normalized spacial score (nSPS) is 19.9. The molecule has 2 aliphatic rings. The molecule has 0 atom stereocenters. The third-order valence-electron chi connectivity index (χ3n) is 5.80. The highest BCUT2D eigenvalue weighted by Crippen LogP contribution is 2.36. The Morgan fingerprint density at radius 2 is 1.48 bits per heavy atom. The molecule has 144 valence electrons. The second kappa shape index (κ2) is 11.4. The zero-order valence-corrected chi connectivity index (χ0v) is 17.0. The third-order valence-corrected chi connectivity index (χ3v) is 5.80. The predicted octanol–water partition coefficient (Wildman–Crippen LogP) is 3.92. The molecule has 1 saturated carbocycles. The molecule has 0 unspecified atom stereocenters. The molecule has 0 bridgehead atoms. The van der Waals surface area contributed by atoms with E-state index < -0.39 is 0 Å². The fourth-order valence-corrected chi connectivity index (χ4v) is 4.44. The lowest BCUT2D eigenvalue weighted by Gasteiger charge is -2.44. The van der Waals surface area contributed by atoms with Gasteiger partial charge in [0.25, 0.3) is 0 Å². The van der Waals surface area contributed by atoms with Crippen LogP contribution in [0.4, 0.5) is 0 Å². The van der Waals surface area contributed by atoms with E-state index in [9.17, 15) is 0 Å². The fraction of sp³-hybridized carbons (Fsp3) is 0.700. The Morgan fingerprint density at radius 3 is 2.08 bits per heavy atom. The van der Waals surface area contributed by atoms with E-state index in [2.05, 4.69) is 34.5 Å². The molecule has 1 aromatic carbocycles. The number of nitrogens with zero attached hydrogens (tertiary/aromatic N) is 1. The number of piperidine rings is 1. The summed E-state index contributed by atoms with van der Waals surface area (Å²) in [7, 11) is 0. The molecule has 1 heterocycles. The van der Waals surface area contributed by atoms with Crippen molar-refractivity contribution in [3.63, 3.8) is 0 Å². The van der Waals surface area contributed by atoms with Crippen molar-refractivity contribution in [2.24, 2.45) is 5.73 Å². The average molecular weight is 388 g/mol. The molecule has 0 aromatic heterocycles. The van der Waals surface area contributed by atoms with Crippen molar-refractivity contribution in [1.82, 2.24) is 10.2 Å². The SMILES string of the molecule is Cl.Cl.NCCc1ccc(CNCC2(N3CCCCC3)CCCC2)cc1. The number of nitrogens with one attached hydrogen (secondary N) is 1. The lowest BCUT2D eigenvalue weighted by molar-refractivity contribution is 0.0696. The van der Waals surface area contributed by atoms with Gasteiger partial charge in [-0.25, -0.2) is 0 Å². The molecule has 1 saturated heterocycles. The lowest BCUT2D eigenvalue weighted by atomic mass is 9.92. The highest BCUT2D eigenvalue weighted by atomic mass is 35.5. The standard InChI is InChI=1S/C20H33N3.2ClH/c21-13-10-18-6-8-19(9-7-18)16-22-17-20(11-2-3-12-20)23-14-4-1-5-15-23;;/h6-9,22H,1-5,10-17,21H2;2*1H. The Labute approximate surface area is 165 Å². The van der Waals surface area contributed by atoms with Crippen LogP contribution in [0.2, 0.25) is 0 Å². The van der Waals surface area contributed by atoms with E-state index >= 15 is 0 Å². The van der Waals surface area contributed by atoms with E-state index in [0.29, 0.717) is 5.54 Å². The van der Waals surface area contributed by atoms with Crippen LogP contribution in [0.25, 0.3) is 0 Å². The molecular weight excluding hydrogens is 353 g/mol. The van der Waals surface area contributed by atoms with Crippen molar-refractivity contribution >= 4 is 24.8 Å². The van der Waals surface area contributed by atoms with E-state index in [1.165, 1.54) is 69.2 Å². The van der Waals surface area contributed by atoms with E-state index in [0.717, 1.165) is 26.1 Å². The number of hydrogen-bond donors (Lipinski definition) is 2. The third kappa shape index (κ3) is 6.11. The van der Waals surface area contributed by atoms with Crippen LogP contribution in [0, 0.1) is 0 Å². The summed E-state index contributed by atoms with van der Waals surface area (Å²) in [6, 6.07) is 8.94. The van der Waals surface area contributed by atoms with Crippen LogP contribution in [-0.4, -0.2) is 36.6 Å². The largest absolute Gasteiger partial charge is 0.330 e. The maximum Gasteiger partial charge on any atom is 0.0334 e. The molecule has 3 rings (SSSR count). The molecule has 1 aromatic rings. The highest BCUT2D eigenvalue weighted by Gasteiger charge is 2.39. The van der Waals surface area contributed by atoms with Gasteiger partial charge in [0.2, 0.25) is 0 Å². The van der Waals surface area contributed by atoms with Gasteiger partial charge in [-0.05, 0) is 62.9 Å². The van der Waals surface area contributed by atoms with E-state index in [4.69, 9.17) is 5.73 Å². The van der Waals surface area contributed by atoms with Gasteiger partial charge in [-0.15, -0.1) is 24.8 Å². The topological polar surface area (TPSA) is 41.3 Å². The lowest BCUT2D eigenvalue weighted by Crippen LogP contribution is -2.54. The van der Waals surface area contributed by atoms with E-state index in [-0.39, 0.29) is 24.8 Å². The molecule has 3 N–H and O–H groups in total. The second-order valence-electron chi connectivity index (χ2n) is 7.44. The minimum Gasteiger partial charge on any atom is -0.330 e. The van der Waals surface area contributed by atoms with Crippen LogP contribution in [0.1, 0.15) is 56.1 Å². The number of nitrogens with two attached hydrogens (primary N) is 1. The Balaban J connectivity index is 0.00000156. The first kappa shape index (κ1) is 22.7. The van der Waals surface area contributed by atoms with E-state index in [1.54, 1.807) is 0 Å². The minimum atomic E-state index is 0. The molecule has 0 amide bonds. The summed E-state index contributed by atoms with van der Waals surface area (Å²) in [5.74, 6) is 0. The van der Waals surface area contributed by atoms with Crippen LogP contribution in [0.3, 0.4) is 0 Å². The Hall–Kier alpha value is -0.320. The summed E-state index contributed by atoms with van der Waals surface area (Å²) in [4.78, 5) is 2.81. The molecule has 0 spiro atoms. The molecular formula is C20H35Cl2N3. The molecule has 0 radical (unpaired) electrons. The Morgan fingerprint density at radius 1 is 0.880 bits per heavy atom. The summed E-state index contributed by atoms with van der Waals surface area (Å²) >= 11 is 0. The van der Waals surface area contributed by atoms with E-state index in [1.807, 2.05) is 0 Å².